The Hall–Kier alpha value is -2.86. The van der Waals surface area contributed by atoms with Gasteiger partial charge in [0, 0.05) is 9.77 Å². The number of thioether (sulfide) groups is 1. The van der Waals surface area contributed by atoms with Gasteiger partial charge in [0.25, 0.3) is 5.91 Å². The molecule has 0 saturated heterocycles. The molecule has 0 bridgehead atoms. The molecule has 31 heavy (non-hydrogen) atoms. The molecule has 1 aliphatic heterocycles. The second kappa shape index (κ2) is 8.35. The van der Waals surface area contributed by atoms with Crippen LogP contribution < -0.4 is 10.1 Å². The van der Waals surface area contributed by atoms with Gasteiger partial charge >= 0.3 is 5.97 Å². The number of aromatic carboxylic acids is 1. The van der Waals surface area contributed by atoms with E-state index in [2.05, 4.69) is 10.1 Å². The van der Waals surface area contributed by atoms with Crippen LogP contribution in [0.5, 0.6) is 0 Å². The minimum Gasteiger partial charge on any atom is -0.478 e. The number of rotatable bonds is 6. The second-order valence-electron chi connectivity index (χ2n) is 6.67. The molecule has 0 spiro atoms. The van der Waals surface area contributed by atoms with Crippen LogP contribution in [0.3, 0.4) is 0 Å². The maximum atomic E-state index is 13.2. The van der Waals surface area contributed by atoms with E-state index in [1.54, 1.807) is 24.3 Å². The van der Waals surface area contributed by atoms with Gasteiger partial charge in [-0.1, -0.05) is 54.2 Å². The zero-order valence-corrected chi connectivity index (χ0v) is 18.6. The number of carboxylic acids is 1. The van der Waals surface area contributed by atoms with Gasteiger partial charge in [0.1, 0.15) is 5.00 Å². The Bertz CT molecular complexity index is 1260. The average molecular weight is 476 g/mol. The quantitative estimate of drug-likeness (QED) is 0.499. The summed E-state index contributed by atoms with van der Waals surface area (Å²) in [6, 6.07) is 17.6. The Morgan fingerprint density at radius 3 is 2.52 bits per heavy atom. The maximum absolute atomic E-state index is 13.2. The first kappa shape index (κ1) is 21.4. The number of carbonyl (C=O) groups is 2. The largest absolute Gasteiger partial charge is 0.478 e. The number of carboxylic acid groups (broad SMARTS) is 1. The van der Waals surface area contributed by atoms with Crippen LogP contribution in [0.1, 0.15) is 20.7 Å². The highest BCUT2D eigenvalue weighted by atomic mass is 32.2. The molecule has 2 aromatic carbocycles. The summed E-state index contributed by atoms with van der Waals surface area (Å²) >= 11 is 2.41. The van der Waals surface area contributed by atoms with Gasteiger partial charge in [-0.2, -0.15) is 0 Å². The number of hydrogen-bond acceptors (Lipinski definition) is 7. The first-order valence-corrected chi connectivity index (χ1v) is 12.6. The van der Waals surface area contributed by atoms with Gasteiger partial charge in [0.2, 0.25) is 10.0 Å². The Morgan fingerprint density at radius 2 is 1.84 bits per heavy atom. The Kier molecular flexibility index (Phi) is 5.75. The van der Waals surface area contributed by atoms with Gasteiger partial charge in [0.15, 0.2) is 5.50 Å². The third-order valence-electron chi connectivity index (χ3n) is 4.35. The fourth-order valence-electron chi connectivity index (χ4n) is 3.03. The minimum atomic E-state index is -3.77. The van der Waals surface area contributed by atoms with Gasteiger partial charge < -0.3 is 10.4 Å². The summed E-state index contributed by atoms with van der Waals surface area (Å²) in [4.78, 5) is 28.3. The average Bonchev–Trinajstić information content (AvgIpc) is 3.15. The van der Waals surface area contributed by atoms with Gasteiger partial charge in [-0.3, -0.25) is 4.79 Å². The molecule has 1 amide bonds. The molecule has 2 heterocycles. The standard InChI is InChI=1S/C20H17N3O5S3/c1-31(27,28)22-23-18(24)14-11-16(12-7-3-2-4-8-12)29-17(14)21-20(23)30-15-10-6-5-9-13(15)19(25)26/h2-11,20-22H,1H3,(H,25,26). The van der Waals surface area contributed by atoms with E-state index in [9.17, 15) is 23.1 Å². The van der Waals surface area contributed by atoms with Crippen LogP contribution >= 0.6 is 23.1 Å². The molecule has 0 saturated carbocycles. The number of hydrazine groups is 1. The topological polar surface area (TPSA) is 116 Å². The number of sulfonamides is 1. The van der Waals surface area contributed by atoms with Crippen molar-refractivity contribution in [1.29, 1.82) is 0 Å². The molecule has 160 valence electrons. The number of nitrogens with zero attached hydrogens (tertiary/aromatic N) is 1. The molecule has 0 fully saturated rings. The van der Waals surface area contributed by atoms with Crippen LogP contribution in [-0.2, 0) is 10.0 Å². The van der Waals surface area contributed by atoms with Crippen LogP contribution in [0, 0.1) is 0 Å². The number of carbonyl (C=O) groups excluding carboxylic acids is 1. The highest BCUT2D eigenvalue weighted by Crippen LogP contribution is 2.41. The van der Waals surface area contributed by atoms with E-state index < -0.39 is 27.4 Å². The number of hydrogen-bond donors (Lipinski definition) is 3. The predicted molar refractivity (Wildman–Crippen MR) is 121 cm³/mol. The zero-order chi connectivity index (χ0) is 22.2. The smallest absolute Gasteiger partial charge is 0.336 e. The van der Waals surface area contributed by atoms with Crippen molar-refractivity contribution in [3.8, 4) is 10.4 Å². The van der Waals surface area contributed by atoms with Crippen LogP contribution in [0.2, 0.25) is 0 Å². The lowest BCUT2D eigenvalue weighted by molar-refractivity contribution is 0.0691. The third-order valence-corrected chi connectivity index (χ3v) is 7.15. The summed E-state index contributed by atoms with van der Waals surface area (Å²) in [5.41, 5.74) is 0.434. The highest BCUT2D eigenvalue weighted by molar-refractivity contribution is 8.00. The van der Waals surface area contributed by atoms with Crippen molar-refractivity contribution in [2.45, 2.75) is 10.4 Å². The second-order valence-corrected chi connectivity index (χ2v) is 10.6. The summed E-state index contributed by atoms with van der Waals surface area (Å²) in [7, 11) is -3.77. The van der Waals surface area contributed by atoms with Crippen LogP contribution in [0.4, 0.5) is 5.00 Å². The first-order valence-electron chi connectivity index (χ1n) is 8.99. The first-order chi connectivity index (χ1) is 14.7. The Labute approximate surface area is 186 Å². The summed E-state index contributed by atoms with van der Waals surface area (Å²) in [5.74, 6) is -1.64. The van der Waals surface area contributed by atoms with Crippen molar-refractivity contribution in [2.24, 2.45) is 0 Å². The summed E-state index contributed by atoms with van der Waals surface area (Å²) in [6.45, 7) is 0. The summed E-state index contributed by atoms with van der Waals surface area (Å²) < 4.78 is 23.8. The van der Waals surface area contributed by atoms with Crippen molar-refractivity contribution in [1.82, 2.24) is 9.84 Å². The maximum Gasteiger partial charge on any atom is 0.336 e. The number of thiophene rings is 1. The number of benzene rings is 2. The molecular formula is C20H17N3O5S3. The number of fused-ring (bicyclic) bond motifs is 1. The molecule has 11 heteroatoms. The van der Waals surface area contributed by atoms with Gasteiger partial charge in [-0.15, -0.1) is 16.2 Å². The summed E-state index contributed by atoms with van der Waals surface area (Å²) in [5, 5.41) is 14.2. The molecule has 8 nitrogen and oxygen atoms in total. The normalized spacial score (nSPS) is 16.0. The van der Waals surface area contributed by atoms with Gasteiger partial charge in [-0.05, 0) is 23.8 Å². The molecule has 1 aliphatic rings. The Morgan fingerprint density at radius 1 is 1.16 bits per heavy atom. The molecule has 0 aliphatic carbocycles. The molecule has 3 N–H and O–H groups in total. The van der Waals surface area contributed by atoms with Crippen molar-refractivity contribution in [3.05, 3.63) is 71.8 Å². The van der Waals surface area contributed by atoms with E-state index in [1.165, 1.54) is 17.4 Å². The van der Waals surface area contributed by atoms with E-state index in [4.69, 9.17) is 0 Å². The lowest BCUT2D eigenvalue weighted by atomic mass is 10.1. The lowest BCUT2D eigenvalue weighted by Gasteiger charge is -2.35. The van der Waals surface area contributed by atoms with Crippen LogP contribution in [0.15, 0.2) is 65.6 Å². The van der Waals surface area contributed by atoms with E-state index in [-0.39, 0.29) is 5.56 Å². The predicted octanol–water partition coefficient (Wildman–Crippen LogP) is 3.52. The number of anilines is 1. The number of nitrogens with one attached hydrogen (secondary N) is 2. The third kappa shape index (κ3) is 4.59. The number of amides is 1. The zero-order valence-electron chi connectivity index (χ0n) is 16.1. The van der Waals surface area contributed by atoms with Crippen molar-refractivity contribution in [3.63, 3.8) is 0 Å². The molecule has 0 radical (unpaired) electrons. The van der Waals surface area contributed by atoms with Crippen molar-refractivity contribution >= 4 is 50.0 Å². The van der Waals surface area contributed by atoms with E-state index >= 15 is 0 Å². The molecule has 1 atom stereocenters. The van der Waals surface area contributed by atoms with Gasteiger partial charge in [-0.25, -0.2) is 18.2 Å². The molecule has 3 aromatic rings. The Balaban J connectivity index is 1.74. The fourth-order valence-corrected chi connectivity index (χ4v) is 5.91. The molecule has 4 rings (SSSR count). The molecule has 1 aromatic heterocycles. The van der Waals surface area contributed by atoms with E-state index in [0.29, 0.717) is 15.5 Å². The fraction of sp³-hybridized carbons (Fsp3) is 0.100. The van der Waals surface area contributed by atoms with Crippen LogP contribution in [-0.4, -0.2) is 42.2 Å². The monoisotopic (exact) mass is 475 g/mol. The van der Waals surface area contributed by atoms with Crippen molar-refractivity contribution < 1.29 is 23.1 Å². The molecule has 1 unspecified atom stereocenters. The van der Waals surface area contributed by atoms with Crippen LogP contribution in [0.25, 0.3) is 10.4 Å². The minimum absolute atomic E-state index is 0.0583. The van der Waals surface area contributed by atoms with E-state index in [1.807, 2.05) is 30.3 Å². The lowest BCUT2D eigenvalue weighted by Crippen LogP contribution is -2.55. The van der Waals surface area contributed by atoms with E-state index in [0.717, 1.165) is 33.5 Å². The van der Waals surface area contributed by atoms with Crippen molar-refractivity contribution in [2.75, 3.05) is 11.6 Å². The SMILES string of the molecule is CS(=O)(=O)NN1C(=O)c2cc(-c3ccccc3)sc2NC1Sc1ccccc1C(=O)O. The highest BCUT2D eigenvalue weighted by Gasteiger charge is 2.37. The molecular weight excluding hydrogens is 458 g/mol. The summed E-state index contributed by atoms with van der Waals surface area (Å²) in [6.07, 6.45) is 0.950. The van der Waals surface area contributed by atoms with Gasteiger partial charge in [0.05, 0.1) is 17.4 Å².